The van der Waals surface area contributed by atoms with Crippen molar-refractivity contribution in [2.24, 2.45) is 0 Å². The molecule has 0 bridgehead atoms. The van der Waals surface area contributed by atoms with E-state index in [-0.39, 0.29) is 18.6 Å². The lowest BCUT2D eigenvalue weighted by Gasteiger charge is -2.24. The summed E-state index contributed by atoms with van der Waals surface area (Å²) in [7, 11) is 0. The molecule has 2 aromatic carbocycles. The maximum atomic E-state index is 12.8. The molecule has 1 N–H and O–H groups in total. The van der Waals surface area contributed by atoms with Crippen LogP contribution in [0.3, 0.4) is 0 Å². The summed E-state index contributed by atoms with van der Waals surface area (Å²) in [5.74, 6) is 1.28. The van der Waals surface area contributed by atoms with Crippen molar-refractivity contribution in [2.75, 3.05) is 13.3 Å². The molecule has 1 atom stereocenters. The Labute approximate surface area is 179 Å². The molecule has 1 aromatic heterocycles. The molecule has 3 aromatic rings. The Morgan fingerprint density at radius 3 is 2.94 bits per heavy atom. The van der Waals surface area contributed by atoms with Crippen molar-refractivity contribution < 1.29 is 19.1 Å². The van der Waals surface area contributed by atoms with Gasteiger partial charge in [0, 0.05) is 37.6 Å². The second-order valence-electron chi connectivity index (χ2n) is 7.86. The number of fused-ring (bicyclic) bond motifs is 2. The van der Waals surface area contributed by atoms with Gasteiger partial charge < -0.3 is 19.7 Å². The van der Waals surface area contributed by atoms with E-state index >= 15 is 0 Å². The molecule has 8 heteroatoms. The highest BCUT2D eigenvalue weighted by Gasteiger charge is 2.35. The summed E-state index contributed by atoms with van der Waals surface area (Å²) in [4.78, 5) is 26.8. The number of rotatable bonds is 7. The van der Waals surface area contributed by atoms with E-state index in [0.29, 0.717) is 37.4 Å². The lowest BCUT2D eigenvalue weighted by molar-refractivity contribution is -0.135. The van der Waals surface area contributed by atoms with Crippen molar-refractivity contribution in [1.29, 1.82) is 0 Å². The number of aryl methyl sites for hydroxylation is 1. The van der Waals surface area contributed by atoms with E-state index in [1.54, 1.807) is 4.90 Å². The molecule has 31 heavy (non-hydrogen) atoms. The van der Waals surface area contributed by atoms with Gasteiger partial charge in [-0.2, -0.15) is 5.10 Å². The molecule has 1 fully saturated rings. The number of amides is 2. The first-order chi connectivity index (χ1) is 15.2. The monoisotopic (exact) mass is 420 g/mol. The maximum absolute atomic E-state index is 12.8. The van der Waals surface area contributed by atoms with E-state index in [4.69, 9.17) is 9.47 Å². The van der Waals surface area contributed by atoms with Gasteiger partial charge in [0.15, 0.2) is 11.5 Å². The highest BCUT2D eigenvalue weighted by Crippen LogP contribution is 2.33. The van der Waals surface area contributed by atoms with Gasteiger partial charge in [-0.25, -0.2) is 0 Å². The Balaban J connectivity index is 1.15. The Hall–Kier alpha value is -3.55. The standard InChI is InChI=1S/C23H24N4O4/c28-22-9-7-19(27(22)13-16-6-8-20-21(12-16)31-15-30-20)23(29)24-10-3-11-26-14-17-4-1-2-5-18(17)25-26/h1-2,4-6,8,12,14,19H,3,7,9-11,13,15H2,(H,24,29). The highest BCUT2D eigenvalue weighted by atomic mass is 16.7. The van der Waals surface area contributed by atoms with Crippen LogP contribution in [0.1, 0.15) is 24.8 Å². The van der Waals surface area contributed by atoms with Crippen LogP contribution in [0, 0.1) is 0 Å². The van der Waals surface area contributed by atoms with E-state index in [9.17, 15) is 9.59 Å². The highest BCUT2D eigenvalue weighted by molar-refractivity contribution is 5.90. The fourth-order valence-electron chi connectivity index (χ4n) is 4.14. The second kappa shape index (κ2) is 8.29. The third-order valence-corrected chi connectivity index (χ3v) is 5.75. The predicted molar refractivity (Wildman–Crippen MR) is 113 cm³/mol. The minimum Gasteiger partial charge on any atom is -0.454 e. The molecule has 3 heterocycles. The van der Waals surface area contributed by atoms with E-state index in [1.165, 1.54) is 0 Å². The lowest BCUT2D eigenvalue weighted by Crippen LogP contribution is -2.44. The first kappa shape index (κ1) is 19.4. The zero-order chi connectivity index (χ0) is 21.2. The Morgan fingerprint density at radius 2 is 2.03 bits per heavy atom. The Bertz CT molecular complexity index is 1090. The van der Waals surface area contributed by atoms with Gasteiger partial charge in [-0.3, -0.25) is 14.3 Å². The minimum absolute atomic E-state index is 0.000970. The average Bonchev–Trinajstić information content (AvgIpc) is 3.49. The van der Waals surface area contributed by atoms with Crippen molar-refractivity contribution >= 4 is 22.7 Å². The molecule has 2 aliphatic rings. The number of benzene rings is 2. The van der Waals surface area contributed by atoms with Gasteiger partial charge in [-0.1, -0.05) is 24.3 Å². The molecule has 1 saturated heterocycles. The van der Waals surface area contributed by atoms with Gasteiger partial charge in [-0.15, -0.1) is 0 Å². The van der Waals surface area contributed by atoms with Crippen LogP contribution in [-0.2, 0) is 22.7 Å². The molecule has 8 nitrogen and oxygen atoms in total. The summed E-state index contributed by atoms with van der Waals surface area (Å²) in [6.45, 7) is 1.85. The summed E-state index contributed by atoms with van der Waals surface area (Å²) < 4.78 is 12.7. The molecule has 2 aliphatic heterocycles. The fourth-order valence-corrected chi connectivity index (χ4v) is 4.14. The molecule has 0 aliphatic carbocycles. The summed E-state index contributed by atoms with van der Waals surface area (Å²) in [5, 5.41) is 8.63. The Kier molecular flexibility index (Phi) is 5.19. The summed E-state index contributed by atoms with van der Waals surface area (Å²) in [5.41, 5.74) is 1.89. The van der Waals surface area contributed by atoms with Crippen LogP contribution < -0.4 is 14.8 Å². The number of aromatic nitrogens is 2. The SMILES string of the molecule is O=C(NCCCn1cc2ccccc2n1)C1CCC(=O)N1Cc1ccc2c(c1)OCO2. The van der Waals surface area contributed by atoms with E-state index < -0.39 is 6.04 Å². The van der Waals surface area contributed by atoms with Crippen LogP contribution in [0.25, 0.3) is 10.9 Å². The molecule has 5 rings (SSSR count). The van der Waals surface area contributed by atoms with Gasteiger partial charge in [0.2, 0.25) is 18.6 Å². The van der Waals surface area contributed by atoms with Crippen LogP contribution in [-0.4, -0.2) is 45.9 Å². The molecule has 1 unspecified atom stereocenters. The van der Waals surface area contributed by atoms with Gasteiger partial charge in [0.25, 0.3) is 0 Å². The number of nitrogens with one attached hydrogen (secondary N) is 1. The number of carbonyl (C=O) groups is 2. The number of likely N-dealkylation sites (tertiary alicyclic amines) is 1. The topological polar surface area (TPSA) is 85.7 Å². The number of ether oxygens (including phenoxy) is 2. The molecule has 0 radical (unpaired) electrons. The molecule has 160 valence electrons. The van der Waals surface area contributed by atoms with Crippen molar-refractivity contribution in [2.45, 2.75) is 38.4 Å². The zero-order valence-corrected chi connectivity index (χ0v) is 17.1. The van der Waals surface area contributed by atoms with Gasteiger partial charge in [-0.05, 0) is 36.6 Å². The molecular weight excluding hydrogens is 396 g/mol. The average molecular weight is 420 g/mol. The molecular formula is C23H24N4O4. The summed E-state index contributed by atoms with van der Waals surface area (Å²) in [6, 6.07) is 13.2. The second-order valence-corrected chi connectivity index (χ2v) is 7.86. The number of nitrogens with zero attached hydrogens (tertiary/aromatic N) is 3. The maximum Gasteiger partial charge on any atom is 0.242 e. The number of hydrogen-bond donors (Lipinski definition) is 1. The van der Waals surface area contributed by atoms with Crippen molar-refractivity contribution in [3.05, 3.63) is 54.2 Å². The van der Waals surface area contributed by atoms with E-state index in [2.05, 4.69) is 10.4 Å². The van der Waals surface area contributed by atoms with Gasteiger partial charge in [0.05, 0.1) is 5.52 Å². The first-order valence-electron chi connectivity index (χ1n) is 10.6. The summed E-state index contributed by atoms with van der Waals surface area (Å²) in [6.07, 6.45) is 3.71. The Morgan fingerprint density at radius 1 is 1.16 bits per heavy atom. The molecule has 0 spiro atoms. The van der Waals surface area contributed by atoms with E-state index in [1.807, 2.05) is 53.3 Å². The zero-order valence-electron chi connectivity index (χ0n) is 17.1. The smallest absolute Gasteiger partial charge is 0.242 e. The fraction of sp³-hybridized carbons (Fsp3) is 0.348. The number of carbonyl (C=O) groups excluding carboxylic acids is 2. The summed E-state index contributed by atoms with van der Waals surface area (Å²) >= 11 is 0. The van der Waals surface area contributed by atoms with Gasteiger partial charge >= 0.3 is 0 Å². The van der Waals surface area contributed by atoms with E-state index in [0.717, 1.165) is 29.4 Å². The van der Waals surface area contributed by atoms with Crippen molar-refractivity contribution in [3.63, 3.8) is 0 Å². The third-order valence-electron chi connectivity index (χ3n) is 5.75. The van der Waals surface area contributed by atoms with Crippen LogP contribution in [0.15, 0.2) is 48.7 Å². The number of hydrogen-bond acceptors (Lipinski definition) is 5. The first-order valence-corrected chi connectivity index (χ1v) is 10.6. The van der Waals surface area contributed by atoms with Gasteiger partial charge in [0.1, 0.15) is 6.04 Å². The minimum atomic E-state index is -0.440. The van der Waals surface area contributed by atoms with Crippen molar-refractivity contribution in [3.8, 4) is 11.5 Å². The van der Waals surface area contributed by atoms with Crippen LogP contribution in [0.4, 0.5) is 0 Å². The molecule has 0 saturated carbocycles. The van der Waals surface area contributed by atoms with Crippen LogP contribution in [0.5, 0.6) is 11.5 Å². The normalized spacial score (nSPS) is 17.5. The van der Waals surface area contributed by atoms with Crippen LogP contribution in [0.2, 0.25) is 0 Å². The van der Waals surface area contributed by atoms with Crippen molar-refractivity contribution in [1.82, 2.24) is 20.0 Å². The lowest BCUT2D eigenvalue weighted by atomic mass is 10.1. The largest absolute Gasteiger partial charge is 0.454 e. The molecule has 2 amide bonds. The quantitative estimate of drug-likeness (QED) is 0.594. The predicted octanol–water partition coefficient (Wildman–Crippen LogP) is 2.46. The third kappa shape index (κ3) is 4.05. The van der Waals surface area contributed by atoms with Crippen LogP contribution >= 0.6 is 0 Å².